The number of alkyl halides is 1. The second-order valence-electron chi connectivity index (χ2n) is 14.5. The highest BCUT2D eigenvalue weighted by Gasteiger charge is 2.65. The summed E-state index contributed by atoms with van der Waals surface area (Å²) in [4.78, 5) is 12.4. The molecule has 1 N–H and O–H groups in total. The fourth-order valence-corrected chi connectivity index (χ4v) is 11.1. The van der Waals surface area contributed by atoms with Crippen LogP contribution in [0.15, 0.2) is 0 Å². The number of aliphatic hydroxyl groups is 1. The third kappa shape index (κ3) is 4.85. The van der Waals surface area contributed by atoms with Gasteiger partial charge >= 0.3 is 5.97 Å². The van der Waals surface area contributed by atoms with Gasteiger partial charge in [-0.05, 0) is 118 Å². The zero-order chi connectivity index (χ0) is 26.6. The zero-order valence-corrected chi connectivity index (χ0v) is 25.2. The monoisotopic (exact) mass is 524 g/mol. The first-order valence-corrected chi connectivity index (χ1v) is 18.3. The number of rotatable bonds is 7. The number of hydrogen-bond donors (Lipinski definition) is 1. The van der Waals surface area contributed by atoms with E-state index in [1.54, 1.807) is 0 Å². The van der Waals surface area contributed by atoms with Crippen molar-refractivity contribution >= 4 is 14.3 Å². The number of fused-ring (bicyclic) bond motifs is 5. The molecule has 208 valence electrons. The van der Waals surface area contributed by atoms with Gasteiger partial charge in [-0.2, -0.15) is 0 Å². The van der Waals surface area contributed by atoms with E-state index >= 15 is 4.39 Å². The van der Waals surface area contributed by atoms with Crippen molar-refractivity contribution in [2.24, 2.45) is 52.3 Å². The van der Waals surface area contributed by atoms with Gasteiger partial charge in [-0.15, -0.1) is 0 Å². The molecular formula is C30H53FO4Si. The number of halogens is 1. The third-order valence-electron chi connectivity index (χ3n) is 11.6. The van der Waals surface area contributed by atoms with Crippen molar-refractivity contribution in [1.82, 2.24) is 0 Å². The normalized spacial score (nSPS) is 46.3. The van der Waals surface area contributed by atoms with Crippen LogP contribution < -0.4 is 0 Å². The Morgan fingerprint density at radius 1 is 1.06 bits per heavy atom. The molecule has 0 radical (unpaired) electrons. The molecule has 4 saturated carbocycles. The maximum absolute atomic E-state index is 15.6. The van der Waals surface area contributed by atoms with Crippen molar-refractivity contribution < 1.29 is 23.5 Å². The van der Waals surface area contributed by atoms with E-state index in [9.17, 15) is 9.90 Å². The van der Waals surface area contributed by atoms with Crippen molar-refractivity contribution in [2.75, 3.05) is 7.11 Å². The Hall–Kier alpha value is -0.463. The molecule has 12 atom stereocenters. The Morgan fingerprint density at radius 3 is 2.31 bits per heavy atom. The van der Waals surface area contributed by atoms with E-state index in [1.807, 2.05) is 0 Å². The average molecular weight is 525 g/mol. The van der Waals surface area contributed by atoms with Gasteiger partial charge in [0.05, 0.1) is 19.1 Å². The first-order chi connectivity index (χ1) is 16.8. The summed E-state index contributed by atoms with van der Waals surface area (Å²) in [6.07, 6.45) is 6.91. The van der Waals surface area contributed by atoms with Crippen LogP contribution in [0.3, 0.4) is 0 Å². The number of ether oxygens (including phenoxy) is 1. The molecule has 4 aliphatic rings. The van der Waals surface area contributed by atoms with Crippen LogP contribution in [0.5, 0.6) is 0 Å². The van der Waals surface area contributed by atoms with Gasteiger partial charge in [0.25, 0.3) is 0 Å². The summed E-state index contributed by atoms with van der Waals surface area (Å²) in [7, 11) is -0.322. The standard InChI is InChI=1S/C30H53FO4Si/c1-9-19(28(33)34-5)16-18(2)20-10-11-21-26-22(12-14-29(20,21)3)30(4)15-13-24(32)27(31)23(30)17-25(26)35-36(6,7)8/h18-27,32H,9-17H2,1-8H3/t18?,19?,20-,21+,22+,23-,24-,25-,26+,27-,29-,30-/m1/s1. The van der Waals surface area contributed by atoms with Gasteiger partial charge < -0.3 is 14.3 Å². The zero-order valence-electron chi connectivity index (χ0n) is 24.2. The van der Waals surface area contributed by atoms with Gasteiger partial charge in [-0.3, -0.25) is 4.79 Å². The largest absolute Gasteiger partial charge is 0.469 e. The van der Waals surface area contributed by atoms with Crippen LogP contribution in [0.25, 0.3) is 0 Å². The lowest BCUT2D eigenvalue weighted by Gasteiger charge is -2.64. The van der Waals surface area contributed by atoms with E-state index in [-0.39, 0.29) is 34.7 Å². The van der Waals surface area contributed by atoms with Crippen LogP contribution in [-0.4, -0.2) is 44.9 Å². The summed E-state index contributed by atoms with van der Waals surface area (Å²) < 4.78 is 27.6. The van der Waals surface area contributed by atoms with Gasteiger partial charge in [0.15, 0.2) is 8.32 Å². The number of hydrogen-bond acceptors (Lipinski definition) is 4. The molecule has 4 rings (SSSR count). The third-order valence-corrected chi connectivity index (χ3v) is 12.6. The van der Waals surface area contributed by atoms with Gasteiger partial charge in [-0.25, -0.2) is 4.39 Å². The van der Waals surface area contributed by atoms with Gasteiger partial charge in [0.1, 0.15) is 6.17 Å². The van der Waals surface area contributed by atoms with E-state index in [0.717, 1.165) is 32.1 Å². The topological polar surface area (TPSA) is 55.8 Å². The predicted molar refractivity (Wildman–Crippen MR) is 145 cm³/mol. The SMILES string of the molecule is CCC(CC(C)[C@H]1CC[C@H]2[C@@H]3[C@H](O[Si](C)(C)C)C[C@@H]4[C@@H](F)[C@H](O)CC[C@]4(C)[C@H]3CC[C@]12C)C(=O)OC. The lowest BCUT2D eigenvalue weighted by molar-refractivity contribution is -0.190. The number of aliphatic hydroxyl groups excluding tert-OH is 1. The Kier molecular flexibility index (Phi) is 8.13. The van der Waals surface area contributed by atoms with Crippen LogP contribution in [0.4, 0.5) is 4.39 Å². The Bertz CT molecular complexity index is 800. The van der Waals surface area contributed by atoms with Crippen molar-refractivity contribution in [3.05, 3.63) is 0 Å². The number of esters is 1. The number of carbonyl (C=O) groups is 1. The summed E-state index contributed by atoms with van der Waals surface area (Å²) in [5.74, 6) is 2.42. The Labute approximate surface area is 220 Å². The first kappa shape index (κ1) is 28.5. The molecule has 4 aliphatic carbocycles. The highest BCUT2D eigenvalue weighted by molar-refractivity contribution is 6.69. The lowest BCUT2D eigenvalue weighted by Crippen LogP contribution is -2.62. The molecule has 0 aliphatic heterocycles. The van der Waals surface area contributed by atoms with Crippen LogP contribution >= 0.6 is 0 Å². The second kappa shape index (κ2) is 10.3. The minimum absolute atomic E-state index is 0.0172. The summed E-state index contributed by atoms with van der Waals surface area (Å²) >= 11 is 0. The second-order valence-corrected chi connectivity index (χ2v) is 19.0. The van der Waals surface area contributed by atoms with E-state index in [4.69, 9.17) is 9.16 Å². The van der Waals surface area contributed by atoms with Crippen LogP contribution in [0, 0.1) is 52.3 Å². The van der Waals surface area contributed by atoms with Crippen molar-refractivity contribution in [3.63, 3.8) is 0 Å². The maximum Gasteiger partial charge on any atom is 0.308 e. The number of methoxy groups -OCH3 is 1. The highest BCUT2D eigenvalue weighted by Crippen LogP contribution is 2.69. The van der Waals surface area contributed by atoms with E-state index in [0.29, 0.717) is 36.0 Å². The smallest absolute Gasteiger partial charge is 0.308 e. The van der Waals surface area contributed by atoms with Crippen molar-refractivity contribution in [1.29, 1.82) is 0 Å². The molecule has 36 heavy (non-hydrogen) atoms. The summed E-state index contributed by atoms with van der Waals surface area (Å²) in [6, 6.07) is 0. The first-order valence-electron chi connectivity index (χ1n) is 14.8. The Morgan fingerprint density at radius 2 is 1.69 bits per heavy atom. The molecule has 0 aromatic carbocycles. The molecule has 2 unspecified atom stereocenters. The molecule has 4 nitrogen and oxygen atoms in total. The fraction of sp³-hybridized carbons (Fsp3) is 0.967. The predicted octanol–water partition coefficient (Wildman–Crippen LogP) is 7.01. The fourth-order valence-electron chi connectivity index (χ4n) is 9.95. The molecule has 0 aromatic heterocycles. The van der Waals surface area contributed by atoms with Crippen molar-refractivity contribution in [3.8, 4) is 0 Å². The molecular weight excluding hydrogens is 471 g/mol. The van der Waals surface area contributed by atoms with E-state index < -0.39 is 20.6 Å². The maximum atomic E-state index is 15.6. The van der Waals surface area contributed by atoms with E-state index in [2.05, 4.69) is 47.3 Å². The summed E-state index contributed by atoms with van der Waals surface area (Å²) in [5.41, 5.74) is 0.189. The molecule has 0 bridgehead atoms. The van der Waals surface area contributed by atoms with Crippen LogP contribution in [0.1, 0.15) is 85.5 Å². The van der Waals surface area contributed by atoms with E-state index in [1.165, 1.54) is 26.4 Å². The summed E-state index contributed by atoms with van der Waals surface area (Å²) in [6.45, 7) is 16.1. The van der Waals surface area contributed by atoms with Gasteiger partial charge in [-0.1, -0.05) is 27.7 Å². The van der Waals surface area contributed by atoms with Crippen molar-refractivity contribution in [2.45, 2.75) is 124 Å². The minimum atomic E-state index is -1.83. The average Bonchev–Trinajstić information content (AvgIpc) is 3.17. The van der Waals surface area contributed by atoms with Gasteiger partial charge in [0, 0.05) is 12.0 Å². The van der Waals surface area contributed by atoms with Gasteiger partial charge in [0.2, 0.25) is 0 Å². The molecule has 0 saturated heterocycles. The molecule has 0 heterocycles. The molecule has 0 spiro atoms. The molecule has 6 heteroatoms. The van der Waals surface area contributed by atoms with Crippen LogP contribution in [0.2, 0.25) is 19.6 Å². The van der Waals surface area contributed by atoms with Crippen LogP contribution in [-0.2, 0) is 14.0 Å². The highest BCUT2D eigenvalue weighted by atomic mass is 28.4. The minimum Gasteiger partial charge on any atom is -0.469 e. The Balaban J connectivity index is 1.63. The lowest BCUT2D eigenvalue weighted by atomic mass is 9.43. The summed E-state index contributed by atoms with van der Waals surface area (Å²) in [5, 5.41) is 10.4. The number of carbonyl (C=O) groups excluding carboxylic acids is 1. The molecule has 4 fully saturated rings. The quantitative estimate of drug-likeness (QED) is 0.287. The molecule has 0 amide bonds. The molecule has 0 aromatic rings.